The Labute approximate surface area is 119 Å². The van der Waals surface area contributed by atoms with E-state index in [9.17, 15) is 9.59 Å². The van der Waals surface area contributed by atoms with Gasteiger partial charge in [-0.25, -0.2) is 14.6 Å². The third kappa shape index (κ3) is 2.97. The number of hydrogen-bond donors (Lipinski definition) is 1. The van der Waals surface area contributed by atoms with Crippen molar-refractivity contribution in [2.45, 2.75) is 6.54 Å². The van der Waals surface area contributed by atoms with Gasteiger partial charge in [0.05, 0.1) is 30.4 Å². The molecule has 1 aromatic carbocycles. The number of carboxylic acids is 1. The number of benzene rings is 1. The van der Waals surface area contributed by atoms with Crippen LogP contribution in [-0.4, -0.2) is 27.7 Å². The number of aromatic nitrogens is 2. The minimum absolute atomic E-state index is 0.115. The van der Waals surface area contributed by atoms with Crippen LogP contribution in [0.2, 0.25) is 5.02 Å². The second-order valence-corrected chi connectivity index (χ2v) is 4.45. The summed E-state index contributed by atoms with van der Waals surface area (Å²) in [7, 11) is 1.47. The zero-order valence-electron chi connectivity index (χ0n) is 10.5. The third-order valence-corrected chi connectivity index (χ3v) is 2.89. The lowest BCUT2D eigenvalue weighted by atomic mass is 10.1. The Morgan fingerprint density at radius 3 is 2.90 bits per heavy atom. The highest BCUT2D eigenvalue weighted by molar-refractivity contribution is 6.30. The molecular formula is C13H11ClN2O4. The number of carboxylic acid groups (broad SMARTS) is 1. The van der Waals surface area contributed by atoms with Gasteiger partial charge < -0.3 is 9.84 Å². The lowest BCUT2D eigenvalue weighted by molar-refractivity contribution is 0.0696. The highest BCUT2D eigenvalue weighted by Crippen LogP contribution is 2.21. The zero-order valence-corrected chi connectivity index (χ0v) is 11.3. The van der Waals surface area contributed by atoms with E-state index in [0.717, 1.165) is 0 Å². The molecule has 0 unspecified atom stereocenters. The number of methoxy groups -OCH3 is 1. The van der Waals surface area contributed by atoms with E-state index < -0.39 is 11.7 Å². The number of halogens is 1. The van der Waals surface area contributed by atoms with Crippen molar-refractivity contribution in [3.63, 3.8) is 0 Å². The maximum atomic E-state index is 11.6. The molecule has 2 aromatic rings. The highest BCUT2D eigenvalue weighted by atomic mass is 35.5. The molecule has 1 heterocycles. The molecule has 0 aliphatic heterocycles. The van der Waals surface area contributed by atoms with Crippen LogP contribution in [0.15, 0.2) is 35.4 Å². The molecule has 0 radical (unpaired) electrons. The van der Waals surface area contributed by atoms with Crippen molar-refractivity contribution in [3.05, 3.63) is 57.2 Å². The van der Waals surface area contributed by atoms with Crippen molar-refractivity contribution in [2.75, 3.05) is 7.11 Å². The molecule has 0 fully saturated rings. The molecule has 0 aliphatic carbocycles. The van der Waals surface area contributed by atoms with Gasteiger partial charge in [-0.15, -0.1) is 0 Å². The van der Waals surface area contributed by atoms with Crippen molar-refractivity contribution in [3.8, 4) is 5.75 Å². The normalized spacial score (nSPS) is 10.3. The monoisotopic (exact) mass is 294 g/mol. The highest BCUT2D eigenvalue weighted by Gasteiger charge is 2.10. The van der Waals surface area contributed by atoms with Crippen LogP contribution in [0.4, 0.5) is 0 Å². The van der Waals surface area contributed by atoms with Gasteiger partial charge >= 0.3 is 11.7 Å². The summed E-state index contributed by atoms with van der Waals surface area (Å²) in [4.78, 5) is 26.2. The first-order valence-electron chi connectivity index (χ1n) is 5.63. The summed E-state index contributed by atoms with van der Waals surface area (Å²) in [6, 6.07) is 4.43. The van der Waals surface area contributed by atoms with Crippen molar-refractivity contribution >= 4 is 17.6 Å². The predicted molar refractivity (Wildman–Crippen MR) is 72.6 cm³/mol. The molecule has 0 amide bonds. The fourth-order valence-electron chi connectivity index (χ4n) is 1.76. The molecule has 0 bridgehead atoms. The average Bonchev–Trinajstić information content (AvgIpc) is 2.42. The Morgan fingerprint density at radius 2 is 2.25 bits per heavy atom. The number of carbonyl (C=O) groups is 1. The van der Waals surface area contributed by atoms with Crippen molar-refractivity contribution in [1.29, 1.82) is 0 Å². The van der Waals surface area contributed by atoms with E-state index in [1.54, 1.807) is 6.07 Å². The molecule has 6 nitrogen and oxygen atoms in total. The summed E-state index contributed by atoms with van der Waals surface area (Å²) in [5, 5.41) is 9.31. The van der Waals surface area contributed by atoms with Gasteiger partial charge in [-0.3, -0.25) is 4.57 Å². The minimum Gasteiger partial charge on any atom is -0.496 e. The van der Waals surface area contributed by atoms with Crippen LogP contribution in [-0.2, 0) is 6.54 Å². The number of rotatable bonds is 4. The van der Waals surface area contributed by atoms with Crippen molar-refractivity contribution < 1.29 is 14.6 Å². The molecular weight excluding hydrogens is 284 g/mol. The zero-order chi connectivity index (χ0) is 14.7. The third-order valence-electron chi connectivity index (χ3n) is 2.69. The first-order chi connectivity index (χ1) is 9.51. The second-order valence-electron chi connectivity index (χ2n) is 4.01. The van der Waals surface area contributed by atoms with Crippen LogP contribution in [0, 0.1) is 0 Å². The molecule has 20 heavy (non-hydrogen) atoms. The summed E-state index contributed by atoms with van der Waals surface area (Å²) in [6.45, 7) is 0.122. The first-order valence-corrected chi connectivity index (χ1v) is 6.01. The second kappa shape index (κ2) is 5.75. The topological polar surface area (TPSA) is 81.4 Å². The van der Waals surface area contributed by atoms with Gasteiger partial charge in [-0.05, 0) is 18.2 Å². The molecule has 7 heteroatoms. The Balaban J connectivity index is 2.46. The fourth-order valence-corrected chi connectivity index (χ4v) is 1.93. The largest absolute Gasteiger partial charge is 0.496 e. The van der Waals surface area contributed by atoms with E-state index in [2.05, 4.69) is 4.98 Å². The Kier molecular flexibility index (Phi) is 4.05. The molecule has 1 aromatic heterocycles. The van der Waals surface area contributed by atoms with E-state index in [1.165, 1.54) is 36.2 Å². The maximum absolute atomic E-state index is 11.6. The van der Waals surface area contributed by atoms with Crippen molar-refractivity contribution in [1.82, 2.24) is 9.55 Å². The number of aromatic carboxylic acids is 1. The number of nitrogens with zero attached hydrogens (tertiary/aromatic N) is 2. The maximum Gasteiger partial charge on any atom is 0.347 e. The molecule has 2 rings (SSSR count). The summed E-state index contributed by atoms with van der Waals surface area (Å²) < 4.78 is 6.44. The van der Waals surface area contributed by atoms with Gasteiger partial charge in [0.1, 0.15) is 5.75 Å². The molecule has 0 saturated heterocycles. The Bertz CT molecular complexity index is 712. The summed E-state index contributed by atoms with van der Waals surface area (Å²) >= 11 is 5.79. The first kappa shape index (κ1) is 14.1. The molecule has 0 aliphatic rings. The SMILES string of the molecule is COc1ccc(C(=O)O)cc1Cn1cc(Cl)cnc1=O. The van der Waals surface area contributed by atoms with E-state index in [0.29, 0.717) is 16.3 Å². The van der Waals surface area contributed by atoms with E-state index in [4.69, 9.17) is 21.4 Å². The standard InChI is InChI=1S/C13H11ClN2O4/c1-20-11-3-2-8(12(17)18)4-9(11)6-16-7-10(14)5-15-13(16)19/h2-5,7H,6H2,1H3,(H,17,18). The number of hydrogen-bond acceptors (Lipinski definition) is 4. The van der Waals surface area contributed by atoms with Gasteiger partial charge in [0, 0.05) is 11.8 Å². The van der Waals surface area contributed by atoms with Gasteiger partial charge in [-0.1, -0.05) is 11.6 Å². The Hall–Kier alpha value is -2.34. The lowest BCUT2D eigenvalue weighted by Crippen LogP contribution is -2.22. The van der Waals surface area contributed by atoms with Gasteiger partial charge in [0.2, 0.25) is 0 Å². The van der Waals surface area contributed by atoms with E-state index >= 15 is 0 Å². The van der Waals surface area contributed by atoms with Gasteiger partial charge in [-0.2, -0.15) is 0 Å². The quantitative estimate of drug-likeness (QED) is 0.927. The molecule has 0 spiro atoms. The van der Waals surface area contributed by atoms with Crippen molar-refractivity contribution in [2.24, 2.45) is 0 Å². The van der Waals surface area contributed by atoms with Gasteiger partial charge in [0.15, 0.2) is 0 Å². The summed E-state index contributed by atoms with van der Waals surface area (Å²) in [5.41, 5.74) is 0.194. The van der Waals surface area contributed by atoms with Crippen LogP contribution in [0.3, 0.4) is 0 Å². The molecule has 0 atom stereocenters. The molecule has 104 valence electrons. The predicted octanol–water partition coefficient (Wildman–Crippen LogP) is 1.65. The van der Waals surface area contributed by atoms with Gasteiger partial charge in [0.25, 0.3) is 0 Å². The van der Waals surface area contributed by atoms with E-state index in [-0.39, 0.29) is 12.1 Å². The van der Waals surface area contributed by atoms with E-state index in [1.807, 2.05) is 0 Å². The minimum atomic E-state index is -1.05. The average molecular weight is 295 g/mol. The smallest absolute Gasteiger partial charge is 0.347 e. The van der Waals surface area contributed by atoms with Crippen LogP contribution < -0.4 is 10.4 Å². The Morgan fingerprint density at radius 1 is 1.50 bits per heavy atom. The van der Waals surface area contributed by atoms with Crippen LogP contribution in [0.1, 0.15) is 15.9 Å². The summed E-state index contributed by atoms with van der Waals surface area (Å²) in [5.74, 6) is -0.563. The van der Waals surface area contributed by atoms with Crippen LogP contribution >= 0.6 is 11.6 Å². The lowest BCUT2D eigenvalue weighted by Gasteiger charge is -2.11. The number of ether oxygens (including phenoxy) is 1. The van der Waals surface area contributed by atoms with Crippen LogP contribution in [0.5, 0.6) is 5.75 Å². The van der Waals surface area contributed by atoms with Crippen LogP contribution in [0.25, 0.3) is 0 Å². The molecule has 1 N–H and O–H groups in total. The summed E-state index contributed by atoms with van der Waals surface area (Å²) in [6.07, 6.45) is 2.69. The fraction of sp³-hybridized carbons (Fsp3) is 0.154. The molecule has 0 saturated carbocycles.